The Labute approximate surface area is 161 Å². The molecule has 142 valence electrons. The van der Waals surface area contributed by atoms with Crippen molar-refractivity contribution in [2.75, 3.05) is 31.1 Å². The topological polar surface area (TPSA) is 75.7 Å². The van der Waals surface area contributed by atoms with Gasteiger partial charge in [0.05, 0.1) is 16.8 Å². The maximum Gasteiger partial charge on any atom is 0.344 e. The van der Waals surface area contributed by atoms with Gasteiger partial charge in [-0.1, -0.05) is 6.07 Å². The van der Waals surface area contributed by atoms with E-state index in [1.54, 1.807) is 0 Å². The van der Waals surface area contributed by atoms with Crippen LogP contribution in [0.15, 0.2) is 45.9 Å². The molecule has 28 heavy (non-hydrogen) atoms. The van der Waals surface area contributed by atoms with Gasteiger partial charge in [0.1, 0.15) is 5.69 Å². The maximum absolute atomic E-state index is 12.7. The highest BCUT2D eigenvalue weighted by atomic mass is 16.4. The number of piperazine rings is 1. The molecule has 0 unspecified atom stereocenters. The number of anilines is 1. The van der Waals surface area contributed by atoms with Gasteiger partial charge in [-0.15, -0.1) is 0 Å². The lowest BCUT2D eigenvalue weighted by atomic mass is 10.1. The molecule has 1 N–H and O–H groups in total. The van der Waals surface area contributed by atoms with Crippen LogP contribution in [0.1, 0.15) is 11.4 Å². The third-order valence-electron chi connectivity index (χ3n) is 5.21. The predicted octanol–water partition coefficient (Wildman–Crippen LogP) is 2.53. The first-order valence-corrected chi connectivity index (χ1v) is 9.45. The van der Waals surface area contributed by atoms with Crippen LogP contribution in [0, 0.1) is 13.8 Å². The van der Waals surface area contributed by atoms with Crippen LogP contribution in [0.4, 0.5) is 5.69 Å². The number of benzene rings is 1. The minimum atomic E-state index is -0.340. The summed E-state index contributed by atoms with van der Waals surface area (Å²) in [6.45, 7) is 7.64. The van der Waals surface area contributed by atoms with Gasteiger partial charge in [0.2, 0.25) is 0 Å². The fourth-order valence-corrected chi connectivity index (χ4v) is 3.84. The van der Waals surface area contributed by atoms with Crippen molar-refractivity contribution in [2.24, 2.45) is 0 Å². The monoisotopic (exact) mass is 375 g/mol. The standard InChI is InChI=1S/C21H21N5O2/c1-13-11-26-12-18(24-20(26)14(2)23-13)19-9-15-3-4-16(10-17(15)21(27)28-19)25-7-5-22-6-8-25/h3-4,9-12,22H,5-8H2,1-2H3. The highest BCUT2D eigenvalue weighted by Gasteiger charge is 2.15. The fourth-order valence-electron chi connectivity index (χ4n) is 3.84. The van der Waals surface area contributed by atoms with E-state index in [1.165, 1.54) is 0 Å². The molecule has 0 bridgehead atoms. The Morgan fingerprint density at radius 2 is 1.89 bits per heavy atom. The summed E-state index contributed by atoms with van der Waals surface area (Å²) in [5.74, 6) is 0.466. The summed E-state index contributed by atoms with van der Waals surface area (Å²) in [7, 11) is 0. The van der Waals surface area contributed by atoms with Gasteiger partial charge in [-0.05, 0) is 37.4 Å². The Balaban J connectivity index is 1.60. The molecule has 0 atom stereocenters. The van der Waals surface area contributed by atoms with Gasteiger partial charge in [-0.2, -0.15) is 0 Å². The maximum atomic E-state index is 12.7. The minimum absolute atomic E-state index is 0.340. The van der Waals surface area contributed by atoms with E-state index in [9.17, 15) is 4.79 Å². The van der Waals surface area contributed by atoms with Gasteiger partial charge in [0.15, 0.2) is 11.4 Å². The summed E-state index contributed by atoms with van der Waals surface area (Å²) in [5.41, 5.74) is 3.86. The molecule has 4 heterocycles. The minimum Gasteiger partial charge on any atom is -0.421 e. The van der Waals surface area contributed by atoms with Gasteiger partial charge in [-0.25, -0.2) is 9.78 Å². The lowest BCUT2D eigenvalue weighted by Crippen LogP contribution is -2.43. The average Bonchev–Trinajstić information content (AvgIpc) is 3.13. The molecule has 0 spiro atoms. The Morgan fingerprint density at radius 3 is 2.71 bits per heavy atom. The number of hydrogen-bond donors (Lipinski definition) is 1. The second-order valence-corrected chi connectivity index (χ2v) is 7.23. The number of rotatable bonds is 2. The Kier molecular flexibility index (Phi) is 3.91. The molecule has 1 aliphatic heterocycles. The smallest absolute Gasteiger partial charge is 0.344 e. The van der Waals surface area contributed by atoms with E-state index in [-0.39, 0.29) is 5.63 Å². The lowest BCUT2D eigenvalue weighted by Gasteiger charge is -2.29. The number of hydrogen-bond acceptors (Lipinski definition) is 6. The van der Waals surface area contributed by atoms with Gasteiger partial charge in [-0.3, -0.25) is 4.98 Å². The van der Waals surface area contributed by atoms with Crippen LogP contribution in [0.3, 0.4) is 0 Å². The highest BCUT2D eigenvalue weighted by molar-refractivity contribution is 5.87. The molecule has 7 nitrogen and oxygen atoms in total. The van der Waals surface area contributed by atoms with Gasteiger partial charge in [0.25, 0.3) is 0 Å². The van der Waals surface area contributed by atoms with Crippen LogP contribution < -0.4 is 15.8 Å². The van der Waals surface area contributed by atoms with Gasteiger partial charge < -0.3 is 19.0 Å². The van der Waals surface area contributed by atoms with E-state index in [0.717, 1.165) is 54.3 Å². The van der Waals surface area contributed by atoms with Crippen molar-refractivity contribution in [3.05, 3.63) is 58.5 Å². The van der Waals surface area contributed by atoms with Crippen LogP contribution in [0.25, 0.3) is 27.9 Å². The number of nitrogens with zero attached hydrogens (tertiary/aromatic N) is 4. The van der Waals surface area contributed by atoms with Crippen molar-refractivity contribution in [3.8, 4) is 11.5 Å². The molecule has 1 aliphatic rings. The zero-order valence-electron chi connectivity index (χ0n) is 15.9. The van der Waals surface area contributed by atoms with Gasteiger partial charge in [0, 0.05) is 44.3 Å². The molecule has 5 rings (SSSR count). The molecule has 3 aromatic heterocycles. The molecule has 1 aromatic carbocycles. The summed E-state index contributed by atoms with van der Waals surface area (Å²) in [5, 5.41) is 4.79. The first-order valence-electron chi connectivity index (χ1n) is 9.45. The Morgan fingerprint density at radius 1 is 1.07 bits per heavy atom. The van der Waals surface area contributed by atoms with Crippen LogP contribution >= 0.6 is 0 Å². The van der Waals surface area contributed by atoms with Crippen molar-refractivity contribution in [3.63, 3.8) is 0 Å². The van der Waals surface area contributed by atoms with Crippen molar-refractivity contribution >= 4 is 22.1 Å². The Bertz CT molecular complexity index is 1250. The second-order valence-electron chi connectivity index (χ2n) is 7.23. The number of fused-ring (bicyclic) bond motifs is 2. The number of aromatic nitrogens is 3. The molecule has 0 aliphatic carbocycles. The first kappa shape index (κ1) is 16.9. The van der Waals surface area contributed by atoms with Crippen LogP contribution in [0.2, 0.25) is 0 Å². The molecule has 1 fully saturated rings. The van der Waals surface area contributed by atoms with Crippen LogP contribution in [-0.2, 0) is 0 Å². The molecule has 0 saturated carbocycles. The summed E-state index contributed by atoms with van der Waals surface area (Å²) in [6, 6.07) is 7.87. The second kappa shape index (κ2) is 6.45. The van der Waals surface area contributed by atoms with E-state index in [2.05, 4.69) is 26.3 Å². The zero-order valence-corrected chi connectivity index (χ0v) is 15.9. The molecule has 7 heteroatoms. The van der Waals surface area contributed by atoms with Crippen molar-refractivity contribution in [1.29, 1.82) is 0 Å². The summed E-state index contributed by atoms with van der Waals surface area (Å²) < 4.78 is 7.56. The summed E-state index contributed by atoms with van der Waals surface area (Å²) in [4.78, 5) is 24.0. The van der Waals surface area contributed by atoms with Crippen molar-refractivity contribution in [1.82, 2.24) is 19.7 Å². The van der Waals surface area contributed by atoms with E-state index in [4.69, 9.17) is 4.42 Å². The molecule has 0 amide bonds. The highest BCUT2D eigenvalue weighted by Crippen LogP contribution is 2.26. The number of aryl methyl sites for hydroxylation is 2. The molecule has 1 saturated heterocycles. The van der Waals surface area contributed by atoms with Crippen LogP contribution in [-0.4, -0.2) is 40.5 Å². The predicted molar refractivity (Wildman–Crippen MR) is 109 cm³/mol. The molecule has 0 radical (unpaired) electrons. The molecule has 4 aromatic rings. The number of nitrogens with one attached hydrogen (secondary N) is 1. The first-order chi connectivity index (χ1) is 13.6. The largest absolute Gasteiger partial charge is 0.421 e. The fraction of sp³-hybridized carbons (Fsp3) is 0.286. The zero-order chi connectivity index (χ0) is 19.3. The SMILES string of the molecule is Cc1cn2cc(-c3cc4ccc(N5CCNCC5)cc4c(=O)o3)nc2c(C)n1. The van der Waals surface area contributed by atoms with E-state index >= 15 is 0 Å². The average molecular weight is 375 g/mol. The third-order valence-corrected chi connectivity index (χ3v) is 5.21. The van der Waals surface area contributed by atoms with Crippen LogP contribution in [0.5, 0.6) is 0 Å². The van der Waals surface area contributed by atoms with E-state index < -0.39 is 0 Å². The Hall–Kier alpha value is -3.19. The van der Waals surface area contributed by atoms with Crippen molar-refractivity contribution in [2.45, 2.75) is 13.8 Å². The van der Waals surface area contributed by atoms with Crippen molar-refractivity contribution < 1.29 is 4.42 Å². The van der Waals surface area contributed by atoms with E-state index in [0.29, 0.717) is 16.8 Å². The number of imidazole rings is 1. The van der Waals surface area contributed by atoms with Gasteiger partial charge >= 0.3 is 5.63 Å². The van der Waals surface area contributed by atoms with E-state index in [1.807, 2.05) is 48.8 Å². The summed E-state index contributed by atoms with van der Waals surface area (Å²) in [6.07, 6.45) is 3.79. The molecular formula is C21H21N5O2. The third kappa shape index (κ3) is 2.84. The molecular weight excluding hydrogens is 354 g/mol. The normalized spacial score (nSPS) is 14.9. The quantitative estimate of drug-likeness (QED) is 0.580. The lowest BCUT2D eigenvalue weighted by molar-refractivity contribution is 0.533. The summed E-state index contributed by atoms with van der Waals surface area (Å²) >= 11 is 0.